The van der Waals surface area contributed by atoms with Crippen molar-refractivity contribution in [1.82, 2.24) is 0 Å². The molecular weight excluding hydrogens is 745 g/mol. The van der Waals surface area contributed by atoms with Gasteiger partial charge in [-0.25, -0.2) is 0 Å². The fourth-order valence-electron chi connectivity index (χ4n) is 6.13. The zero-order valence-corrected chi connectivity index (χ0v) is 34.7. The number of rotatable bonds is 36. The van der Waals surface area contributed by atoms with E-state index in [2.05, 4.69) is 13.8 Å². The van der Waals surface area contributed by atoms with Crippen molar-refractivity contribution in [2.45, 2.75) is 210 Å². The first-order valence-corrected chi connectivity index (χ1v) is 23.2. The zero-order chi connectivity index (χ0) is 41.3. The number of carbonyl (C=O) groups is 4. The standard InChI is InChI=1S/C22H42O7S.C16H30O7S/c1-2-3-4-5-6-7-8-9-10-11-12-13-14-15-16-17-18-29-22(25)20(19-21(23)24)30(26,27)28;1-2-3-4-5-6-7-8-9-10-11-12-16(15(19)20,13-14(17)18)24(21,22)23/h20H,2-19H2,1H3,(H,23,24)(H,26,27,28);2-13H2,1H3,(H,17,18)(H,19,20)(H,21,22,23). The lowest BCUT2D eigenvalue weighted by molar-refractivity contribution is -0.147. The lowest BCUT2D eigenvalue weighted by atomic mass is 9.96. The topological polar surface area (TPSA) is 247 Å². The minimum atomic E-state index is -5.01. The third kappa shape index (κ3) is 29.0. The third-order valence-corrected chi connectivity index (χ3v) is 12.1. The SMILES string of the molecule is CCCCCCCCCCCCC(CC(=O)O)(C(=O)O)S(=O)(=O)O.CCCCCCCCCCCCCCCCCCOC(=O)C(CC(=O)O)S(=O)(=O)O. The van der Waals surface area contributed by atoms with Crippen molar-refractivity contribution >= 4 is 44.1 Å². The smallest absolute Gasteiger partial charge is 0.328 e. The van der Waals surface area contributed by atoms with E-state index in [4.69, 9.17) is 24.6 Å². The second-order valence-corrected chi connectivity index (χ2v) is 17.7. The summed E-state index contributed by atoms with van der Waals surface area (Å²) in [6, 6.07) is 0. The Morgan fingerprint density at radius 3 is 1.13 bits per heavy atom. The molecule has 2 unspecified atom stereocenters. The molecule has 320 valence electrons. The summed E-state index contributed by atoms with van der Waals surface area (Å²) in [5.74, 6) is -6.08. The minimum absolute atomic E-state index is 0.0307. The molecule has 14 nitrogen and oxygen atoms in total. The number of esters is 1. The van der Waals surface area contributed by atoms with Gasteiger partial charge in [0.05, 0.1) is 19.4 Å². The van der Waals surface area contributed by atoms with Crippen LogP contribution in [0.2, 0.25) is 0 Å². The van der Waals surface area contributed by atoms with E-state index in [-0.39, 0.29) is 13.0 Å². The van der Waals surface area contributed by atoms with Crippen LogP contribution < -0.4 is 0 Å². The molecule has 16 heteroatoms. The Balaban J connectivity index is 0. The van der Waals surface area contributed by atoms with E-state index in [0.717, 1.165) is 44.9 Å². The van der Waals surface area contributed by atoms with Gasteiger partial charge in [-0.2, -0.15) is 16.8 Å². The molecular formula is C38H72O14S2. The average molecular weight is 817 g/mol. The van der Waals surface area contributed by atoms with E-state index in [1.165, 1.54) is 103 Å². The average Bonchev–Trinajstić information content (AvgIpc) is 3.07. The maximum Gasteiger partial charge on any atom is 0.328 e. The molecule has 0 radical (unpaired) electrons. The van der Waals surface area contributed by atoms with Gasteiger partial charge >= 0.3 is 23.9 Å². The molecule has 0 aliphatic rings. The molecule has 0 aromatic carbocycles. The van der Waals surface area contributed by atoms with Crippen LogP contribution in [0.1, 0.15) is 200 Å². The van der Waals surface area contributed by atoms with E-state index in [9.17, 15) is 40.6 Å². The number of aliphatic carboxylic acids is 3. The maximum absolute atomic E-state index is 11.7. The summed E-state index contributed by atoms with van der Waals surface area (Å²) < 4.78 is 65.4. The van der Waals surface area contributed by atoms with Crippen molar-refractivity contribution in [3.05, 3.63) is 0 Å². The van der Waals surface area contributed by atoms with Gasteiger partial charge < -0.3 is 20.1 Å². The molecule has 0 spiro atoms. The number of carbonyl (C=O) groups excluding carboxylic acids is 1. The molecule has 5 N–H and O–H groups in total. The molecule has 0 aliphatic carbocycles. The summed E-state index contributed by atoms with van der Waals surface area (Å²) in [7, 11) is -9.80. The van der Waals surface area contributed by atoms with Gasteiger partial charge in [0.15, 0.2) is 5.25 Å². The van der Waals surface area contributed by atoms with Crippen molar-refractivity contribution in [2.75, 3.05) is 6.61 Å². The largest absolute Gasteiger partial charge is 0.481 e. The van der Waals surface area contributed by atoms with Crippen LogP contribution in [0, 0.1) is 0 Å². The van der Waals surface area contributed by atoms with E-state index in [1.807, 2.05) is 0 Å². The Morgan fingerprint density at radius 1 is 0.519 bits per heavy atom. The number of hydrogen-bond donors (Lipinski definition) is 5. The number of ether oxygens (including phenoxy) is 1. The van der Waals surface area contributed by atoms with E-state index in [1.54, 1.807) is 0 Å². The monoisotopic (exact) mass is 816 g/mol. The van der Waals surface area contributed by atoms with Gasteiger partial charge in [-0.1, -0.05) is 174 Å². The molecule has 54 heavy (non-hydrogen) atoms. The summed E-state index contributed by atoms with van der Waals surface area (Å²) in [5.41, 5.74) is 0. The van der Waals surface area contributed by atoms with Crippen LogP contribution in [0.4, 0.5) is 0 Å². The third-order valence-electron chi connectivity index (χ3n) is 9.48. The van der Waals surface area contributed by atoms with Crippen molar-refractivity contribution in [2.24, 2.45) is 0 Å². The van der Waals surface area contributed by atoms with Crippen LogP contribution in [0.3, 0.4) is 0 Å². The van der Waals surface area contributed by atoms with Crippen molar-refractivity contribution in [3.8, 4) is 0 Å². The molecule has 2 atom stereocenters. The predicted molar refractivity (Wildman–Crippen MR) is 209 cm³/mol. The lowest BCUT2D eigenvalue weighted by Gasteiger charge is -2.24. The number of unbranched alkanes of at least 4 members (excludes halogenated alkanes) is 24. The highest BCUT2D eigenvalue weighted by Crippen LogP contribution is 2.29. The van der Waals surface area contributed by atoms with Gasteiger partial charge in [0, 0.05) is 0 Å². The summed E-state index contributed by atoms with van der Waals surface area (Å²) in [5, 5.41) is 24.5. The van der Waals surface area contributed by atoms with Crippen LogP contribution in [0.15, 0.2) is 0 Å². The van der Waals surface area contributed by atoms with Crippen molar-refractivity contribution < 1.29 is 65.2 Å². The van der Waals surface area contributed by atoms with E-state index < -0.39 is 73.4 Å². The Morgan fingerprint density at radius 2 is 0.852 bits per heavy atom. The summed E-state index contributed by atoms with van der Waals surface area (Å²) >= 11 is 0. The Labute approximate surface area is 325 Å². The van der Waals surface area contributed by atoms with Crippen LogP contribution in [0.5, 0.6) is 0 Å². The Hall–Kier alpha value is -2.30. The van der Waals surface area contributed by atoms with Gasteiger partial charge in [-0.15, -0.1) is 0 Å². The first kappa shape index (κ1) is 53.8. The molecule has 0 bridgehead atoms. The predicted octanol–water partition coefficient (Wildman–Crippen LogP) is 9.01. The number of carboxylic acids is 3. The van der Waals surface area contributed by atoms with Crippen molar-refractivity contribution in [3.63, 3.8) is 0 Å². The van der Waals surface area contributed by atoms with Crippen LogP contribution >= 0.6 is 0 Å². The quantitative estimate of drug-likeness (QED) is 0.0225. The molecule has 0 saturated heterocycles. The van der Waals surface area contributed by atoms with Gasteiger partial charge in [0.1, 0.15) is 0 Å². The molecule has 0 amide bonds. The highest BCUT2D eigenvalue weighted by Gasteiger charge is 2.51. The second kappa shape index (κ2) is 32.9. The molecule has 0 aromatic rings. The zero-order valence-electron chi connectivity index (χ0n) is 33.0. The first-order valence-electron chi connectivity index (χ1n) is 20.2. The van der Waals surface area contributed by atoms with Crippen LogP contribution in [0.25, 0.3) is 0 Å². The van der Waals surface area contributed by atoms with Crippen molar-refractivity contribution in [1.29, 1.82) is 0 Å². The van der Waals surface area contributed by atoms with Gasteiger partial charge in [0.25, 0.3) is 20.2 Å². The first-order chi connectivity index (χ1) is 25.5. The highest BCUT2D eigenvalue weighted by atomic mass is 32.2. The molecule has 0 rings (SSSR count). The lowest BCUT2D eigenvalue weighted by Crippen LogP contribution is -2.48. The second-order valence-electron chi connectivity index (χ2n) is 14.3. The highest BCUT2D eigenvalue weighted by molar-refractivity contribution is 7.88. The Bertz CT molecular complexity index is 1220. The summed E-state index contributed by atoms with van der Waals surface area (Å²) in [6.07, 6.45) is 26.8. The fraction of sp³-hybridized carbons (Fsp3) is 0.895. The summed E-state index contributed by atoms with van der Waals surface area (Å²) in [4.78, 5) is 44.4. The number of hydrogen-bond acceptors (Lipinski definition) is 9. The number of carboxylic acid groups (broad SMARTS) is 3. The molecule has 0 aliphatic heterocycles. The minimum Gasteiger partial charge on any atom is -0.481 e. The molecule has 0 fully saturated rings. The van der Waals surface area contributed by atoms with Gasteiger partial charge in [-0.05, 0) is 12.8 Å². The maximum atomic E-state index is 11.7. The summed E-state index contributed by atoms with van der Waals surface area (Å²) in [6.45, 7) is 4.44. The van der Waals surface area contributed by atoms with Crippen LogP contribution in [-0.4, -0.2) is 81.7 Å². The van der Waals surface area contributed by atoms with Gasteiger partial charge in [-0.3, -0.25) is 28.3 Å². The molecule has 0 heterocycles. The normalized spacial score (nSPS) is 13.3. The molecule has 0 saturated carbocycles. The fourth-order valence-corrected chi connectivity index (χ4v) is 7.72. The van der Waals surface area contributed by atoms with E-state index in [0.29, 0.717) is 12.8 Å². The van der Waals surface area contributed by atoms with Gasteiger partial charge in [0.2, 0.25) is 4.75 Å². The molecule has 0 aromatic heterocycles. The van der Waals surface area contributed by atoms with E-state index >= 15 is 0 Å². The van der Waals surface area contributed by atoms with Crippen LogP contribution in [-0.2, 0) is 44.2 Å². The Kier molecular flexibility index (Phi) is 32.8.